The highest BCUT2D eigenvalue weighted by atomic mass is 79.9. The molecule has 0 aliphatic heterocycles. The van der Waals surface area contributed by atoms with Crippen LogP contribution in [0.5, 0.6) is 0 Å². The second kappa shape index (κ2) is 7.66. The van der Waals surface area contributed by atoms with Crippen LogP contribution in [-0.4, -0.2) is 11.7 Å². The molecule has 0 unspecified atom stereocenters. The standard InChI is InChI=1S/C17H18BrNOS/c1-3-10-21-16-7-5-4-6-14(16)17(20)19-15-9-8-13(18)11-12(15)2/h4-9,11H,3,10H2,1-2H3,(H,19,20). The van der Waals surface area contributed by atoms with Gasteiger partial charge in [0.05, 0.1) is 5.56 Å². The van der Waals surface area contributed by atoms with Crippen molar-refractivity contribution in [2.24, 2.45) is 0 Å². The van der Waals surface area contributed by atoms with Crippen molar-refractivity contribution in [2.75, 3.05) is 11.1 Å². The smallest absolute Gasteiger partial charge is 0.256 e. The molecule has 0 heterocycles. The predicted octanol–water partition coefficient (Wildman–Crippen LogP) is 5.51. The van der Waals surface area contributed by atoms with Gasteiger partial charge in [-0.25, -0.2) is 0 Å². The molecule has 2 rings (SSSR count). The number of rotatable bonds is 5. The van der Waals surface area contributed by atoms with Crippen LogP contribution in [0, 0.1) is 6.92 Å². The maximum Gasteiger partial charge on any atom is 0.256 e. The topological polar surface area (TPSA) is 29.1 Å². The molecule has 1 amide bonds. The van der Waals surface area contributed by atoms with E-state index in [9.17, 15) is 4.79 Å². The Balaban J connectivity index is 2.20. The summed E-state index contributed by atoms with van der Waals surface area (Å²) in [7, 11) is 0. The van der Waals surface area contributed by atoms with Crippen LogP contribution in [0.3, 0.4) is 0 Å². The Morgan fingerprint density at radius 3 is 2.71 bits per heavy atom. The highest BCUT2D eigenvalue weighted by Gasteiger charge is 2.12. The number of hydrogen-bond donors (Lipinski definition) is 1. The van der Waals surface area contributed by atoms with Gasteiger partial charge in [0.15, 0.2) is 0 Å². The molecule has 0 saturated carbocycles. The van der Waals surface area contributed by atoms with Gasteiger partial charge in [-0.2, -0.15) is 0 Å². The third kappa shape index (κ3) is 4.35. The lowest BCUT2D eigenvalue weighted by Crippen LogP contribution is -2.13. The van der Waals surface area contributed by atoms with Gasteiger partial charge in [-0.05, 0) is 55.0 Å². The Labute approximate surface area is 138 Å². The lowest BCUT2D eigenvalue weighted by atomic mass is 10.1. The van der Waals surface area contributed by atoms with Crippen molar-refractivity contribution in [3.63, 3.8) is 0 Å². The molecule has 0 aromatic heterocycles. The first-order valence-electron chi connectivity index (χ1n) is 6.91. The molecule has 21 heavy (non-hydrogen) atoms. The minimum Gasteiger partial charge on any atom is -0.322 e. The number of carbonyl (C=O) groups is 1. The Kier molecular flexibility index (Phi) is 5.88. The third-order valence-corrected chi connectivity index (χ3v) is 4.80. The van der Waals surface area contributed by atoms with E-state index in [1.807, 2.05) is 49.4 Å². The Hall–Kier alpha value is -1.26. The van der Waals surface area contributed by atoms with E-state index in [-0.39, 0.29) is 5.91 Å². The van der Waals surface area contributed by atoms with E-state index in [0.717, 1.165) is 38.4 Å². The number of halogens is 1. The quantitative estimate of drug-likeness (QED) is 0.709. The molecule has 0 spiro atoms. The van der Waals surface area contributed by atoms with E-state index in [1.54, 1.807) is 11.8 Å². The molecule has 1 N–H and O–H groups in total. The molecule has 2 nitrogen and oxygen atoms in total. The number of hydrogen-bond acceptors (Lipinski definition) is 2. The van der Waals surface area contributed by atoms with Gasteiger partial charge in [-0.1, -0.05) is 35.0 Å². The first-order chi connectivity index (χ1) is 10.1. The van der Waals surface area contributed by atoms with Crippen molar-refractivity contribution in [2.45, 2.75) is 25.2 Å². The SMILES string of the molecule is CCCSc1ccccc1C(=O)Nc1ccc(Br)cc1C. The molecule has 2 aromatic carbocycles. The zero-order chi connectivity index (χ0) is 15.2. The molecule has 110 valence electrons. The van der Waals surface area contributed by atoms with Crippen molar-refractivity contribution in [1.82, 2.24) is 0 Å². The summed E-state index contributed by atoms with van der Waals surface area (Å²) in [5.74, 6) is 0.960. The first kappa shape index (κ1) is 16.1. The molecule has 0 bridgehead atoms. The van der Waals surface area contributed by atoms with Crippen LogP contribution in [0.2, 0.25) is 0 Å². The van der Waals surface area contributed by atoms with Crippen molar-refractivity contribution in [1.29, 1.82) is 0 Å². The van der Waals surface area contributed by atoms with Gasteiger partial charge in [0, 0.05) is 15.1 Å². The van der Waals surface area contributed by atoms with Crippen molar-refractivity contribution >= 4 is 39.3 Å². The second-order valence-electron chi connectivity index (χ2n) is 4.76. The number of nitrogens with one attached hydrogen (secondary N) is 1. The molecule has 0 radical (unpaired) electrons. The van der Waals surface area contributed by atoms with E-state index in [4.69, 9.17) is 0 Å². The van der Waals surface area contributed by atoms with Crippen LogP contribution < -0.4 is 5.32 Å². The average molecular weight is 364 g/mol. The normalized spacial score (nSPS) is 10.4. The monoisotopic (exact) mass is 363 g/mol. The molecule has 0 aliphatic rings. The zero-order valence-corrected chi connectivity index (χ0v) is 14.6. The summed E-state index contributed by atoms with van der Waals surface area (Å²) in [5, 5.41) is 3.00. The Bertz CT molecular complexity index is 642. The molecule has 4 heteroatoms. The zero-order valence-electron chi connectivity index (χ0n) is 12.2. The van der Waals surface area contributed by atoms with Crippen LogP contribution in [0.25, 0.3) is 0 Å². The summed E-state index contributed by atoms with van der Waals surface area (Å²) in [4.78, 5) is 13.5. The van der Waals surface area contributed by atoms with Crippen LogP contribution in [0.15, 0.2) is 51.8 Å². The summed E-state index contributed by atoms with van der Waals surface area (Å²) in [6, 6.07) is 13.6. The molecular weight excluding hydrogens is 346 g/mol. The maximum absolute atomic E-state index is 12.5. The first-order valence-corrected chi connectivity index (χ1v) is 8.69. The van der Waals surface area contributed by atoms with Crippen molar-refractivity contribution < 1.29 is 4.79 Å². The summed E-state index contributed by atoms with van der Waals surface area (Å²) < 4.78 is 1.01. The minimum atomic E-state index is -0.0559. The highest BCUT2D eigenvalue weighted by molar-refractivity contribution is 9.10. The molecule has 0 fully saturated rings. The van der Waals surface area contributed by atoms with Gasteiger partial charge in [0.2, 0.25) is 0 Å². The summed E-state index contributed by atoms with van der Waals surface area (Å²) >= 11 is 5.16. The molecular formula is C17H18BrNOS. The molecule has 0 saturated heterocycles. The van der Waals surface area contributed by atoms with Crippen LogP contribution in [0.1, 0.15) is 29.3 Å². The lowest BCUT2D eigenvalue weighted by Gasteiger charge is -2.11. The number of thioether (sulfide) groups is 1. The van der Waals surface area contributed by atoms with Crippen molar-refractivity contribution in [3.8, 4) is 0 Å². The van der Waals surface area contributed by atoms with E-state index in [2.05, 4.69) is 28.2 Å². The number of carbonyl (C=O) groups excluding carboxylic acids is 1. The Morgan fingerprint density at radius 2 is 2.00 bits per heavy atom. The summed E-state index contributed by atoms with van der Waals surface area (Å²) in [5.41, 5.74) is 2.62. The fourth-order valence-electron chi connectivity index (χ4n) is 1.95. The molecule has 0 atom stereocenters. The van der Waals surface area contributed by atoms with Gasteiger partial charge in [-0.3, -0.25) is 4.79 Å². The lowest BCUT2D eigenvalue weighted by molar-refractivity contribution is 0.102. The largest absolute Gasteiger partial charge is 0.322 e. The number of aryl methyl sites for hydroxylation is 1. The molecule has 2 aromatic rings. The number of anilines is 1. The van der Waals surface area contributed by atoms with Crippen LogP contribution >= 0.6 is 27.7 Å². The predicted molar refractivity (Wildman–Crippen MR) is 94.3 cm³/mol. The third-order valence-electron chi connectivity index (χ3n) is 3.03. The van der Waals surface area contributed by atoms with Crippen LogP contribution in [-0.2, 0) is 0 Å². The van der Waals surface area contributed by atoms with Crippen molar-refractivity contribution in [3.05, 3.63) is 58.1 Å². The van der Waals surface area contributed by atoms with Gasteiger partial charge in [0.1, 0.15) is 0 Å². The van der Waals surface area contributed by atoms with E-state index >= 15 is 0 Å². The van der Waals surface area contributed by atoms with E-state index in [0.29, 0.717) is 0 Å². The van der Waals surface area contributed by atoms with E-state index < -0.39 is 0 Å². The average Bonchev–Trinajstić information content (AvgIpc) is 2.48. The minimum absolute atomic E-state index is 0.0559. The van der Waals surface area contributed by atoms with Gasteiger partial charge in [-0.15, -0.1) is 11.8 Å². The van der Waals surface area contributed by atoms with Gasteiger partial charge < -0.3 is 5.32 Å². The van der Waals surface area contributed by atoms with Crippen LogP contribution in [0.4, 0.5) is 5.69 Å². The Morgan fingerprint density at radius 1 is 1.24 bits per heavy atom. The summed E-state index contributed by atoms with van der Waals surface area (Å²) in [6.07, 6.45) is 1.09. The van der Waals surface area contributed by atoms with E-state index in [1.165, 1.54) is 0 Å². The number of amides is 1. The summed E-state index contributed by atoms with van der Waals surface area (Å²) in [6.45, 7) is 4.12. The highest BCUT2D eigenvalue weighted by Crippen LogP contribution is 2.25. The fraction of sp³-hybridized carbons (Fsp3) is 0.235. The fourth-order valence-corrected chi connectivity index (χ4v) is 3.34. The number of benzene rings is 2. The second-order valence-corrected chi connectivity index (χ2v) is 6.81. The van der Waals surface area contributed by atoms with Gasteiger partial charge in [0.25, 0.3) is 5.91 Å². The molecule has 0 aliphatic carbocycles. The van der Waals surface area contributed by atoms with Gasteiger partial charge >= 0.3 is 0 Å². The maximum atomic E-state index is 12.5.